The van der Waals surface area contributed by atoms with Crippen molar-refractivity contribution in [3.8, 4) is 0 Å². The van der Waals surface area contributed by atoms with Crippen molar-refractivity contribution in [1.29, 1.82) is 0 Å². The second-order valence-electron chi connectivity index (χ2n) is 5.46. The average Bonchev–Trinajstić information content (AvgIpc) is 3.06. The van der Waals surface area contributed by atoms with E-state index in [2.05, 4.69) is 65.8 Å². The molecule has 1 unspecified atom stereocenters. The van der Waals surface area contributed by atoms with Crippen LogP contribution in [0, 0.1) is 0 Å². The quantitative estimate of drug-likeness (QED) is 0.435. The Labute approximate surface area is 148 Å². The van der Waals surface area contributed by atoms with Gasteiger partial charge in [0.05, 0.1) is 5.69 Å². The molecule has 1 aromatic heterocycles. The van der Waals surface area contributed by atoms with Gasteiger partial charge >= 0.3 is 0 Å². The number of hydrogen-bond acceptors (Lipinski definition) is 4. The van der Waals surface area contributed by atoms with E-state index >= 15 is 0 Å². The second kappa shape index (κ2) is 10.0. The van der Waals surface area contributed by atoms with Crippen LogP contribution in [0.25, 0.3) is 0 Å². The lowest BCUT2D eigenvalue weighted by atomic mass is 10.3. The smallest absolute Gasteiger partial charge is 0.191 e. The first-order chi connectivity index (χ1) is 11.7. The number of aromatic nitrogens is 1. The molecule has 0 amide bonds. The number of benzene rings is 1. The summed E-state index contributed by atoms with van der Waals surface area (Å²) in [6, 6.07) is 12.4. The number of nitrogens with one attached hydrogen (secondary N) is 2. The van der Waals surface area contributed by atoms with Gasteiger partial charge in [-0.3, -0.25) is 0 Å². The van der Waals surface area contributed by atoms with Gasteiger partial charge in [0, 0.05) is 29.3 Å². The van der Waals surface area contributed by atoms with Crippen LogP contribution < -0.4 is 10.6 Å². The first kappa shape index (κ1) is 18.4. The Kier molecular flexibility index (Phi) is 7.68. The third kappa shape index (κ3) is 6.28. The number of nitrogens with zero attached hydrogens (tertiary/aromatic N) is 2. The SMILES string of the molecule is CCNC(=NCc1cc(CC)no1)NCC(C)Sc1ccccc1. The first-order valence-corrected chi connectivity index (χ1v) is 9.27. The van der Waals surface area contributed by atoms with E-state index in [4.69, 9.17) is 4.52 Å². The van der Waals surface area contributed by atoms with Crippen LogP contribution in [0.1, 0.15) is 32.2 Å². The number of guanidine groups is 1. The highest BCUT2D eigenvalue weighted by Crippen LogP contribution is 2.21. The molecule has 2 N–H and O–H groups in total. The van der Waals surface area contributed by atoms with Gasteiger partial charge < -0.3 is 15.2 Å². The van der Waals surface area contributed by atoms with Gasteiger partial charge in [-0.15, -0.1) is 11.8 Å². The van der Waals surface area contributed by atoms with Gasteiger partial charge in [-0.1, -0.05) is 37.2 Å². The summed E-state index contributed by atoms with van der Waals surface area (Å²) >= 11 is 1.85. The molecule has 2 rings (SSSR count). The van der Waals surface area contributed by atoms with Crippen LogP contribution in [-0.4, -0.2) is 29.5 Å². The topological polar surface area (TPSA) is 62.5 Å². The zero-order chi connectivity index (χ0) is 17.2. The van der Waals surface area contributed by atoms with Crippen molar-refractivity contribution in [2.45, 2.75) is 43.9 Å². The summed E-state index contributed by atoms with van der Waals surface area (Å²) in [5.41, 5.74) is 0.964. The minimum atomic E-state index is 0.438. The molecule has 0 saturated carbocycles. The zero-order valence-corrected chi connectivity index (χ0v) is 15.4. The maximum absolute atomic E-state index is 5.27. The highest BCUT2D eigenvalue weighted by molar-refractivity contribution is 8.00. The van der Waals surface area contributed by atoms with Crippen LogP contribution in [-0.2, 0) is 13.0 Å². The third-order valence-electron chi connectivity index (χ3n) is 3.34. The molecule has 0 aliphatic carbocycles. The summed E-state index contributed by atoms with van der Waals surface area (Å²) < 4.78 is 5.27. The van der Waals surface area contributed by atoms with Gasteiger partial charge in [0.2, 0.25) is 0 Å². The van der Waals surface area contributed by atoms with Crippen molar-refractivity contribution in [3.63, 3.8) is 0 Å². The van der Waals surface area contributed by atoms with Crippen LogP contribution in [0.5, 0.6) is 0 Å². The summed E-state index contributed by atoms with van der Waals surface area (Å²) in [7, 11) is 0. The normalized spacial score (nSPS) is 12.9. The van der Waals surface area contributed by atoms with E-state index in [-0.39, 0.29) is 0 Å². The lowest BCUT2D eigenvalue weighted by Gasteiger charge is -2.15. The van der Waals surface area contributed by atoms with Gasteiger partial charge in [0.15, 0.2) is 11.7 Å². The summed E-state index contributed by atoms with van der Waals surface area (Å²) in [6.45, 7) is 8.47. The molecule has 6 heteroatoms. The highest BCUT2D eigenvalue weighted by atomic mass is 32.2. The molecule has 1 aromatic carbocycles. The number of rotatable bonds is 8. The fourth-order valence-corrected chi connectivity index (χ4v) is 3.05. The van der Waals surface area contributed by atoms with Crippen molar-refractivity contribution >= 4 is 17.7 Å². The lowest BCUT2D eigenvalue weighted by molar-refractivity contribution is 0.379. The van der Waals surface area contributed by atoms with Crippen molar-refractivity contribution < 1.29 is 4.52 Å². The minimum absolute atomic E-state index is 0.438. The van der Waals surface area contributed by atoms with Crippen LogP contribution in [0.2, 0.25) is 0 Å². The van der Waals surface area contributed by atoms with E-state index in [1.165, 1.54) is 4.90 Å². The first-order valence-electron chi connectivity index (χ1n) is 8.39. The van der Waals surface area contributed by atoms with E-state index in [0.717, 1.165) is 36.9 Å². The maximum atomic E-state index is 5.27. The zero-order valence-electron chi connectivity index (χ0n) is 14.6. The number of thioether (sulfide) groups is 1. The summed E-state index contributed by atoms with van der Waals surface area (Å²) in [5, 5.41) is 11.1. The minimum Gasteiger partial charge on any atom is -0.359 e. The molecule has 130 valence electrons. The van der Waals surface area contributed by atoms with Crippen molar-refractivity contribution in [2.75, 3.05) is 13.1 Å². The predicted octanol–water partition coefficient (Wildman–Crippen LogP) is 3.47. The number of aryl methyl sites for hydroxylation is 1. The molecular formula is C18H26N4OS. The molecule has 1 heterocycles. The average molecular weight is 346 g/mol. The van der Waals surface area contributed by atoms with Crippen molar-refractivity contribution in [1.82, 2.24) is 15.8 Å². The lowest BCUT2D eigenvalue weighted by Crippen LogP contribution is -2.40. The van der Waals surface area contributed by atoms with Crippen molar-refractivity contribution in [2.24, 2.45) is 4.99 Å². The molecule has 0 bridgehead atoms. The highest BCUT2D eigenvalue weighted by Gasteiger charge is 2.07. The Morgan fingerprint density at radius 2 is 2.04 bits per heavy atom. The molecular weight excluding hydrogens is 320 g/mol. The molecule has 24 heavy (non-hydrogen) atoms. The third-order valence-corrected chi connectivity index (χ3v) is 4.46. The van der Waals surface area contributed by atoms with E-state index in [0.29, 0.717) is 11.8 Å². The fraction of sp³-hybridized carbons (Fsp3) is 0.444. The molecule has 0 spiro atoms. The Morgan fingerprint density at radius 1 is 1.25 bits per heavy atom. The van der Waals surface area contributed by atoms with E-state index in [9.17, 15) is 0 Å². The van der Waals surface area contributed by atoms with Crippen LogP contribution in [0.4, 0.5) is 0 Å². The van der Waals surface area contributed by atoms with Gasteiger partial charge in [0.25, 0.3) is 0 Å². The molecule has 5 nitrogen and oxygen atoms in total. The monoisotopic (exact) mass is 346 g/mol. The van der Waals surface area contributed by atoms with E-state index in [1.807, 2.05) is 23.9 Å². The van der Waals surface area contributed by atoms with Crippen molar-refractivity contribution in [3.05, 3.63) is 47.9 Å². The summed E-state index contributed by atoms with van der Waals surface area (Å²) in [6.07, 6.45) is 0.875. The van der Waals surface area contributed by atoms with Crippen LogP contribution >= 0.6 is 11.8 Å². The maximum Gasteiger partial charge on any atom is 0.191 e. The fourth-order valence-electron chi connectivity index (χ4n) is 2.11. The Morgan fingerprint density at radius 3 is 2.71 bits per heavy atom. The molecule has 0 aliphatic rings. The van der Waals surface area contributed by atoms with Crippen LogP contribution in [0.15, 0.2) is 50.8 Å². The van der Waals surface area contributed by atoms with Gasteiger partial charge in [0.1, 0.15) is 6.54 Å². The van der Waals surface area contributed by atoms with Gasteiger partial charge in [-0.2, -0.15) is 0 Å². The number of hydrogen-bond donors (Lipinski definition) is 2. The molecule has 0 aliphatic heterocycles. The molecule has 0 radical (unpaired) electrons. The Bertz CT molecular complexity index is 627. The molecule has 1 atom stereocenters. The molecule has 0 saturated heterocycles. The standard InChI is InChI=1S/C18H26N4OS/c1-4-15-11-16(23-22-15)13-21-18(19-5-2)20-12-14(3)24-17-9-7-6-8-10-17/h6-11,14H,4-5,12-13H2,1-3H3,(H2,19,20,21). The van der Waals surface area contributed by atoms with E-state index in [1.54, 1.807) is 0 Å². The van der Waals surface area contributed by atoms with Crippen LogP contribution in [0.3, 0.4) is 0 Å². The second-order valence-corrected chi connectivity index (χ2v) is 6.97. The van der Waals surface area contributed by atoms with Gasteiger partial charge in [-0.25, -0.2) is 4.99 Å². The summed E-state index contributed by atoms with van der Waals surface area (Å²) in [4.78, 5) is 5.84. The number of aliphatic imine (C=N–C) groups is 1. The Hall–Kier alpha value is -1.95. The molecule has 2 aromatic rings. The van der Waals surface area contributed by atoms with Gasteiger partial charge in [-0.05, 0) is 25.5 Å². The predicted molar refractivity (Wildman–Crippen MR) is 100 cm³/mol. The largest absolute Gasteiger partial charge is 0.359 e. The van der Waals surface area contributed by atoms with E-state index < -0.39 is 0 Å². The summed E-state index contributed by atoms with van der Waals surface area (Å²) in [5.74, 6) is 1.59. The molecule has 0 fully saturated rings. The Balaban J connectivity index is 1.84.